The topological polar surface area (TPSA) is 30.7 Å². The molecule has 0 atom stereocenters. The third-order valence-electron chi connectivity index (χ3n) is 3.54. The predicted octanol–water partition coefficient (Wildman–Crippen LogP) is 4.74. The zero-order valence-corrected chi connectivity index (χ0v) is 12.4. The van der Waals surface area contributed by atoms with Gasteiger partial charge in [0.15, 0.2) is 5.65 Å². The Hall–Kier alpha value is -2.65. The quantitative estimate of drug-likeness (QED) is 0.535. The standard InChI is InChI=1S/C18H12ClN3/c19-15-11-12-20-18-16(15)21-17(13-7-3-1-4-8-13)22(18)14-9-5-2-6-10-14/h1-12H. The Morgan fingerprint density at radius 3 is 2.23 bits per heavy atom. The second kappa shape index (κ2) is 5.28. The number of imidazole rings is 1. The van der Waals surface area contributed by atoms with Gasteiger partial charge in [-0.3, -0.25) is 4.57 Å². The minimum Gasteiger partial charge on any atom is -0.277 e. The van der Waals surface area contributed by atoms with Gasteiger partial charge >= 0.3 is 0 Å². The van der Waals surface area contributed by atoms with Crippen LogP contribution in [-0.2, 0) is 0 Å². The molecule has 0 spiro atoms. The summed E-state index contributed by atoms with van der Waals surface area (Å²) < 4.78 is 2.04. The van der Waals surface area contributed by atoms with Crippen molar-refractivity contribution in [2.75, 3.05) is 0 Å². The van der Waals surface area contributed by atoms with E-state index in [0.717, 1.165) is 22.7 Å². The first-order valence-corrected chi connectivity index (χ1v) is 7.36. The van der Waals surface area contributed by atoms with E-state index >= 15 is 0 Å². The summed E-state index contributed by atoms with van der Waals surface area (Å²) in [5, 5.41) is 0.608. The van der Waals surface area contributed by atoms with Crippen molar-refractivity contribution in [2.45, 2.75) is 0 Å². The first kappa shape index (κ1) is 13.0. The maximum Gasteiger partial charge on any atom is 0.166 e. The van der Waals surface area contributed by atoms with Gasteiger partial charge in [0.1, 0.15) is 11.3 Å². The van der Waals surface area contributed by atoms with Crippen LogP contribution in [0.2, 0.25) is 5.02 Å². The molecule has 2 aromatic carbocycles. The summed E-state index contributed by atoms with van der Waals surface area (Å²) in [7, 11) is 0. The van der Waals surface area contributed by atoms with Crippen molar-refractivity contribution in [2.24, 2.45) is 0 Å². The number of hydrogen-bond acceptors (Lipinski definition) is 2. The Morgan fingerprint density at radius 1 is 0.818 bits per heavy atom. The van der Waals surface area contributed by atoms with Crippen molar-refractivity contribution in [3.8, 4) is 17.1 Å². The Labute approximate surface area is 132 Å². The Bertz CT molecular complexity index is 931. The lowest BCUT2D eigenvalue weighted by Crippen LogP contribution is -1.98. The first-order valence-electron chi connectivity index (χ1n) is 6.98. The normalized spacial score (nSPS) is 11.0. The molecule has 0 N–H and O–H groups in total. The van der Waals surface area contributed by atoms with Gasteiger partial charge in [0.05, 0.1) is 5.02 Å². The van der Waals surface area contributed by atoms with Crippen molar-refractivity contribution >= 4 is 22.8 Å². The van der Waals surface area contributed by atoms with Gasteiger partial charge in [-0.1, -0.05) is 60.1 Å². The van der Waals surface area contributed by atoms with E-state index in [0.29, 0.717) is 10.5 Å². The smallest absolute Gasteiger partial charge is 0.166 e. The fraction of sp³-hybridized carbons (Fsp3) is 0. The number of hydrogen-bond donors (Lipinski definition) is 0. The van der Waals surface area contributed by atoms with Crippen LogP contribution in [-0.4, -0.2) is 14.5 Å². The number of nitrogens with zero attached hydrogens (tertiary/aromatic N) is 3. The lowest BCUT2D eigenvalue weighted by molar-refractivity contribution is 1.08. The van der Waals surface area contributed by atoms with Crippen LogP contribution in [0.4, 0.5) is 0 Å². The molecule has 0 unspecified atom stereocenters. The highest BCUT2D eigenvalue weighted by Crippen LogP contribution is 2.30. The van der Waals surface area contributed by atoms with E-state index in [2.05, 4.69) is 4.98 Å². The zero-order chi connectivity index (χ0) is 14.9. The van der Waals surface area contributed by atoms with Gasteiger partial charge < -0.3 is 0 Å². The maximum atomic E-state index is 6.30. The van der Waals surface area contributed by atoms with Crippen LogP contribution in [0.25, 0.3) is 28.2 Å². The molecule has 0 saturated heterocycles. The van der Waals surface area contributed by atoms with Crippen molar-refractivity contribution in [3.63, 3.8) is 0 Å². The summed E-state index contributed by atoms with van der Waals surface area (Å²) in [5.74, 6) is 0.836. The van der Waals surface area contributed by atoms with Gasteiger partial charge in [-0.15, -0.1) is 0 Å². The molecule has 0 aliphatic rings. The summed E-state index contributed by atoms with van der Waals surface area (Å²) >= 11 is 6.30. The van der Waals surface area contributed by atoms with Crippen molar-refractivity contribution in [1.82, 2.24) is 14.5 Å². The number of pyridine rings is 1. The molecule has 0 amide bonds. The second-order valence-electron chi connectivity index (χ2n) is 4.94. The molecular weight excluding hydrogens is 294 g/mol. The Kier molecular flexibility index (Phi) is 3.13. The number of halogens is 1. The molecule has 0 aliphatic carbocycles. The summed E-state index contributed by atoms with van der Waals surface area (Å²) in [5.41, 5.74) is 3.52. The van der Waals surface area contributed by atoms with E-state index in [-0.39, 0.29) is 0 Å². The van der Waals surface area contributed by atoms with E-state index in [9.17, 15) is 0 Å². The van der Waals surface area contributed by atoms with Gasteiger partial charge in [-0.2, -0.15) is 0 Å². The minimum absolute atomic E-state index is 0.608. The number of aromatic nitrogens is 3. The zero-order valence-electron chi connectivity index (χ0n) is 11.6. The molecule has 0 saturated carbocycles. The van der Waals surface area contributed by atoms with Crippen LogP contribution in [0.15, 0.2) is 72.9 Å². The number of fused-ring (bicyclic) bond motifs is 1. The van der Waals surface area contributed by atoms with Gasteiger partial charge in [0.25, 0.3) is 0 Å². The minimum atomic E-state index is 0.608. The molecule has 3 nitrogen and oxygen atoms in total. The van der Waals surface area contributed by atoms with E-state index in [1.165, 1.54) is 0 Å². The monoisotopic (exact) mass is 305 g/mol. The third-order valence-corrected chi connectivity index (χ3v) is 3.85. The summed E-state index contributed by atoms with van der Waals surface area (Å²) in [6, 6.07) is 21.9. The lowest BCUT2D eigenvalue weighted by atomic mass is 10.2. The van der Waals surface area contributed by atoms with E-state index < -0.39 is 0 Å². The number of rotatable bonds is 2. The molecule has 22 heavy (non-hydrogen) atoms. The van der Waals surface area contributed by atoms with Crippen LogP contribution in [0.5, 0.6) is 0 Å². The first-order chi connectivity index (χ1) is 10.8. The van der Waals surface area contributed by atoms with Gasteiger partial charge in [0, 0.05) is 17.4 Å². The maximum absolute atomic E-state index is 6.30. The fourth-order valence-electron chi connectivity index (χ4n) is 2.55. The molecule has 2 aromatic heterocycles. The average Bonchev–Trinajstić information content (AvgIpc) is 2.97. The lowest BCUT2D eigenvalue weighted by Gasteiger charge is -2.08. The largest absolute Gasteiger partial charge is 0.277 e. The second-order valence-corrected chi connectivity index (χ2v) is 5.34. The van der Waals surface area contributed by atoms with Crippen molar-refractivity contribution in [1.29, 1.82) is 0 Å². The van der Waals surface area contributed by atoms with Gasteiger partial charge in [-0.05, 0) is 18.2 Å². The number of para-hydroxylation sites is 1. The predicted molar refractivity (Wildman–Crippen MR) is 89.3 cm³/mol. The number of benzene rings is 2. The highest BCUT2D eigenvalue weighted by atomic mass is 35.5. The van der Waals surface area contributed by atoms with Gasteiger partial charge in [0.2, 0.25) is 0 Å². The van der Waals surface area contributed by atoms with Crippen LogP contribution >= 0.6 is 11.6 Å². The molecule has 0 aliphatic heterocycles. The van der Waals surface area contributed by atoms with Crippen LogP contribution < -0.4 is 0 Å². The molecular formula is C18H12ClN3. The molecule has 4 heteroatoms. The summed E-state index contributed by atoms with van der Waals surface area (Å²) in [4.78, 5) is 9.21. The Morgan fingerprint density at radius 2 is 1.50 bits per heavy atom. The third kappa shape index (κ3) is 2.07. The van der Waals surface area contributed by atoms with E-state index in [1.54, 1.807) is 12.3 Å². The summed E-state index contributed by atoms with van der Waals surface area (Å²) in [6.07, 6.45) is 1.71. The van der Waals surface area contributed by atoms with Gasteiger partial charge in [-0.25, -0.2) is 9.97 Å². The van der Waals surface area contributed by atoms with Crippen molar-refractivity contribution in [3.05, 3.63) is 77.9 Å². The molecule has 0 bridgehead atoms. The van der Waals surface area contributed by atoms with E-state index in [4.69, 9.17) is 16.6 Å². The van der Waals surface area contributed by atoms with Crippen LogP contribution in [0.1, 0.15) is 0 Å². The van der Waals surface area contributed by atoms with Crippen LogP contribution in [0, 0.1) is 0 Å². The van der Waals surface area contributed by atoms with Crippen molar-refractivity contribution < 1.29 is 0 Å². The molecule has 0 radical (unpaired) electrons. The van der Waals surface area contributed by atoms with E-state index in [1.807, 2.05) is 65.2 Å². The molecule has 2 heterocycles. The molecule has 4 aromatic rings. The highest BCUT2D eigenvalue weighted by Gasteiger charge is 2.16. The molecule has 0 fully saturated rings. The average molecular weight is 306 g/mol. The molecule has 106 valence electrons. The van der Waals surface area contributed by atoms with Crippen LogP contribution in [0.3, 0.4) is 0 Å². The Balaban J connectivity index is 2.10. The SMILES string of the molecule is Clc1ccnc2c1nc(-c1ccccc1)n2-c1ccccc1. The highest BCUT2D eigenvalue weighted by molar-refractivity contribution is 6.34. The summed E-state index contributed by atoms with van der Waals surface area (Å²) in [6.45, 7) is 0. The molecule has 4 rings (SSSR count). The fourth-order valence-corrected chi connectivity index (χ4v) is 2.73.